The molecule has 1 N–H and O–H groups in total. The number of hydrogen-bond donors (Lipinski definition) is 1. The van der Waals surface area contributed by atoms with Crippen LogP contribution in [0.2, 0.25) is 0 Å². The molecule has 1 saturated heterocycles. The van der Waals surface area contributed by atoms with Crippen molar-refractivity contribution in [2.24, 2.45) is 10.9 Å². The monoisotopic (exact) mass is 365 g/mol. The number of nitrogens with one attached hydrogen (secondary N) is 1. The summed E-state index contributed by atoms with van der Waals surface area (Å²) in [5, 5.41) is 3.55. The van der Waals surface area contributed by atoms with Gasteiger partial charge in [0.15, 0.2) is 5.96 Å². The molecule has 1 fully saturated rings. The molecule has 4 heteroatoms. The van der Waals surface area contributed by atoms with Crippen molar-refractivity contribution in [2.75, 3.05) is 27.2 Å². The number of nitrogens with zero attached hydrogens (tertiary/aromatic N) is 2. The summed E-state index contributed by atoms with van der Waals surface area (Å²) >= 11 is 0. The van der Waals surface area contributed by atoms with Crippen molar-refractivity contribution in [3.63, 3.8) is 0 Å². The highest BCUT2D eigenvalue weighted by molar-refractivity contribution is 5.79. The van der Waals surface area contributed by atoms with E-state index in [4.69, 9.17) is 4.74 Å². The maximum atomic E-state index is 6.00. The van der Waals surface area contributed by atoms with Crippen LogP contribution in [-0.4, -0.2) is 38.1 Å². The lowest BCUT2D eigenvalue weighted by Crippen LogP contribution is -2.41. The van der Waals surface area contributed by atoms with Crippen LogP contribution in [-0.2, 0) is 17.7 Å². The minimum Gasteiger partial charge on any atom is -0.373 e. The summed E-state index contributed by atoms with van der Waals surface area (Å²) in [5.41, 5.74) is 3.93. The Balaban J connectivity index is 1.56. The van der Waals surface area contributed by atoms with Crippen LogP contribution in [0.1, 0.15) is 36.1 Å². The number of rotatable bonds is 6. The van der Waals surface area contributed by atoms with Crippen LogP contribution in [0.5, 0.6) is 0 Å². The van der Waals surface area contributed by atoms with Gasteiger partial charge in [0.1, 0.15) is 0 Å². The fourth-order valence-corrected chi connectivity index (χ4v) is 3.69. The molecule has 3 rings (SSSR count). The molecule has 0 amide bonds. The molecule has 1 aliphatic heterocycles. The summed E-state index contributed by atoms with van der Waals surface area (Å²) in [7, 11) is 3.93. The zero-order chi connectivity index (χ0) is 19.1. The Kier molecular flexibility index (Phi) is 6.88. The van der Waals surface area contributed by atoms with E-state index in [-0.39, 0.29) is 6.10 Å². The van der Waals surface area contributed by atoms with Crippen molar-refractivity contribution in [1.29, 1.82) is 0 Å². The van der Waals surface area contributed by atoms with E-state index in [2.05, 4.69) is 83.8 Å². The van der Waals surface area contributed by atoms with E-state index in [1.807, 2.05) is 7.05 Å². The van der Waals surface area contributed by atoms with Gasteiger partial charge in [0.25, 0.3) is 0 Å². The van der Waals surface area contributed by atoms with Crippen molar-refractivity contribution in [1.82, 2.24) is 10.2 Å². The fraction of sp³-hybridized carbons (Fsp3) is 0.435. The molecule has 0 saturated carbocycles. The Morgan fingerprint density at radius 2 is 1.81 bits per heavy atom. The first-order chi connectivity index (χ1) is 13.2. The zero-order valence-corrected chi connectivity index (χ0v) is 16.7. The first-order valence-corrected chi connectivity index (χ1v) is 9.87. The molecule has 0 spiro atoms. The topological polar surface area (TPSA) is 36.9 Å². The number of guanidine groups is 1. The van der Waals surface area contributed by atoms with E-state index in [1.165, 1.54) is 16.7 Å². The second-order valence-electron chi connectivity index (χ2n) is 7.21. The normalized spacial score (nSPS) is 19.9. The van der Waals surface area contributed by atoms with Crippen molar-refractivity contribution < 1.29 is 4.74 Å². The summed E-state index contributed by atoms with van der Waals surface area (Å²) in [5.74, 6) is 1.38. The maximum absolute atomic E-state index is 6.00. The standard InChI is InChI=1S/C23H31N3O/c1-4-18-10-12-19(13-11-18)17-26(3)23(24-2)25-16-21-14-15-27-22(21)20-8-6-5-7-9-20/h5-13,21-22H,4,14-17H2,1-3H3,(H,24,25). The molecule has 2 aromatic carbocycles. The second-order valence-corrected chi connectivity index (χ2v) is 7.21. The lowest BCUT2D eigenvalue weighted by Gasteiger charge is -2.25. The Morgan fingerprint density at radius 3 is 2.48 bits per heavy atom. The Morgan fingerprint density at radius 1 is 1.11 bits per heavy atom. The van der Waals surface area contributed by atoms with E-state index in [9.17, 15) is 0 Å². The lowest BCUT2D eigenvalue weighted by atomic mass is 9.95. The zero-order valence-electron chi connectivity index (χ0n) is 16.7. The summed E-state index contributed by atoms with van der Waals surface area (Å²) in [6, 6.07) is 19.4. The van der Waals surface area contributed by atoms with Gasteiger partial charge in [0.2, 0.25) is 0 Å². The lowest BCUT2D eigenvalue weighted by molar-refractivity contribution is 0.0914. The quantitative estimate of drug-likeness (QED) is 0.620. The Labute approximate surface area is 163 Å². The predicted molar refractivity (Wildman–Crippen MR) is 112 cm³/mol. The third-order valence-corrected chi connectivity index (χ3v) is 5.29. The molecule has 0 bridgehead atoms. The molecule has 0 aromatic heterocycles. The van der Waals surface area contributed by atoms with Crippen molar-refractivity contribution in [2.45, 2.75) is 32.4 Å². The second kappa shape index (κ2) is 9.56. The molecule has 2 unspecified atom stereocenters. The van der Waals surface area contributed by atoms with Gasteiger partial charge in [-0.1, -0.05) is 61.5 Å². The Hall–Kier alpha value is -2.33. The maximum Gasteiger partial charge on any atom is 0.193 e. The van der Waals surface area contributed by atoms with Gasteiger partial charge in [-0.15, -0.1) is 0 Å². The minimum atomic E-state index is 0.170. The van der Waals surface area contributed by atoms with Crippen molar-refractivity contribution >= 4 is 5.96 Å². The first-order valence-electron chi connectivity index (χ1n) is 9.87. The fourth-order valence-electron chi connectivity index (χ4n) is 3.69. The third-order valence-electron chi connectivity index (χ3n) is 5.29. The molecule has 1 heterocycles. The van der Waals surface area contributed by atoms with Gasteiger partial charge in [0, 0.05) is 39.7 Å². The highest BCUT2D eigenvalue weighted by atomic mass is 16.5. The molecular formula is C23H31N3O. The van der Waals surface area contributed by atoms with E-state index in [0.29, 0.717) is 5.92 Å². The Bertz CT molecular complexity index is 727. The summed E-state index contributed by atoms with van der Waals surface area (Å²) in [6.07, 6.45) is 2.32. The van der Waals surface area contributed by atoms with Gasteiger partial charge in [-0.3, -0.25) is 4.99 Å². The van der Waals surface area contributed by atoms with Crippen molar-refractivity contribution in [3.05, 3.63) is 71.3 Å². The SMILES string of the molecule is CCc1ccc(CN(C)C(=NC)NCC2CCOC2c2ccccc2)cc1. The minimum absolute atomic E-state index is 0.170. The average molecular weight is 366 g/mol. The summed E-state index contributed by atoms with van der Waals surface area (Å²) < 4.78 is 6.00. The smallest absolute Gasteiger partial charge is 0.193 e. The number of aliphatic imine (C=N–C) groups is 1. The molecule has 27 heavy (non-hydrogen) atoms. The molecule has 2 atom stereocenters. The average Bonchev–Trinajstić information content (AvgIpc) is 3.18. The summed E-state index contributed by atoms with van der Waals surface area (Å²) in [6.45, 7) is 4.71. The van der Waals surface area contributed by atoms with Crippen LogP contribution in [0.15, 0.2) is 59.6 Å². The van der Waals surface area contributed by atoms with E-state index in [0.717, 1.165) is 38.5 Å². The van der Waals surface area contributed by atoms with Gasteiger partial charge in [-0.05, 0) is 29.5 Å². The van der Waals surface area contributed by atoms with Crippen LogP contribution >= 0.6 is 0 Å². The molecule has 0 radical (unpaired) electrons. The van der Waals surface area contributed by atoms with E-state index < -0.39 is 0 Å². The van der Waals surface area contributed by atoms with Gasteiger partial charge in [0.05, 0.1) is 6.10 Å². The van der Waals surface area contributed by atoms with Crippen LogP contribution in [0.4, 0.5) is 0 Å². The van der Waals surface area contributed by atoms with Gasteiger partial charge in [-0.25, -0.2) is 0 Å². The van der Waals surface area contributed by atoms with Gasteiger partial charge >= 0.3 is 0 Å². The van der Waals surface area contributed by atoms with Gasteiger partial charge in [-0.2, -0.15) is 0 Å². The predicted octanol–water partition coefficient (Wildman–Crippen LogP) is 4.03. The largest absolute Gasteiger partial charge is 0.373 e. The molecular weight excluding hydrogens is 334 g/mol. The molecule has 144 valence electrons. The van der Waals surface area contributed by atoms with Crippen LogP contribution in [0.25, 0.3) is 0 Å². The highest BCUT2D eigenvalue weighted by Gasteiger charge is 2.29. The third kappa shape index (κ3) is 5.10. The highest BCUT2D eigenvalue weighted by Crippen LogP contribution is 2.33. The molecule has 0 aliphatic carbocycles. The number of hydrogen-bond acceptors (Lipinski definition) is 2. The van der Waals surface area contributed by atoms with E-state index in [1.54, 1.807) is 0 Å². The van der Waals surface area contributed by atoms with Crippen LogP contribution in [0, 0.1) is 5.92 Å². The molecule has 1 aliphatic rings. The number of benzene rings is 2. The number of aryl methyl sites for hydroxylation is 1. The van der Waals surface area contributed by atoms with Crippen LogP contribution in [0.3, 0.4) is 0 Å². The molecule has 2 aromatic rings. The summed E-state index contributed by atoms with van der Waals surface area (Å²) in [4.78, 5) is 6.64. The van der Waals surface area contributed by atoms with E-state index >= 15 is 0 Å². The van der Waals surface area contributed by atoms with Gasteiger partial charge < -0.3 is 15.0 Å². The number of ether oxygens (including phenoxy) is 1. The van der Waals surface area contributed by atoms with Crippen molar-refractivity contribution in [3.8, 4) is 0 Å². The van der Waals surface area contributed by atoms with Crippen LogP contribution < -0.4 is 5.32 Å². The molecule has 4 nitrogen and oxygen atoms in total. The first kappa shape index (κ1) is 19.4.